The fourth-order valence-electron chi connectivity index (χ4n) is 4.27. The number of hydrogen-bond acceptors (Lipinski definition) is 5. The Morgan fingerprint density at radius 3 is 2.44 bits per heavy atom. The second kappa shape index (κ2) is 9.02. The minimum atomic E-state index is -3.49. The minimum absolute atomic E-state index is 0.271. The molecule has 7 nitrogen and oxygen atoms in total. The molecule has 0 aliphatic carbocycles. The molecule has 1 aliphatic heterocycles. The van der Waals surface area contributed by atoms with E-state index < -0.39 is 10.0 Å². The third-order valence-electron chi connectivity index (χ3n) is 6.14. The van der Waals surface area contributed by atoms with E-state index in [-0.39, 0.29) is 4.90 Å². The van der Waals surface area contributed by atoms with Crippen LogP contribution in [0.25, 0.3) is 11.0 Å². The molecule has 2 heterocycles. The number of anilines is 1. The average molecular weight is 476 g/mol. The molecule has 0 spiro atoms. The summed E-state index contributed by atoms with van der Waals surface area (Å²) < 4.78 is 28.4. The Bertz CT molecular complexity index is 1230. The van der Waals surface area contributed by atoms with E-state index >= 15 is 0 Å². The van der Waals surface area contributed by atoms with Gasteiger partial charge >= 0.3 is 0 Å². The van der Waals surface area contributed by atoms with Gasteiger partial charge in [-0.3, -0.25) is 4.90 Å². The van der Waals surface area contributed by atoms with Crippen molar-refractivity contribution in [1.82, 2.24) is 18.8 Å². The molecule has 0 saturated carbocycles. The molecule has 1 fully saturated rings. The lowest BCUT2D eigenvalue weighted by Gasteiger charge is -2.36. The lowest BCUT2D eigenvalue weighted by Crippen LogP contribution is -2.46. The summed E-state index contributed by atoms with van der Waals surface area (Å²) in [6.45, 7) is 9.45. The highest BCUT2D eigenvalue weighted by molar-refractivity contribution is 7.89. The van der Waals surface area contributed by atoms with Gasteiger partial charge in [-0.1, -0.05) is 17.7 Å². The predicted molar refractivity (Wildman–Crippen MR) is 130 cm³/mol. The van der Waals surface area contributed by atoms with Crippen LogP contribution in [0, 0.1) is 6.92 Å². The Balaban J connectivity index is 1.52. The number of nitrogens with zero attached hydrogens (tertiary/aromatic N) is 5. The van der Waals surface area contributed by atoms with Crippen LogP contribution in [0.3, 0.4) is 0 Å². The summed E-state index contributed by atoms with van der Waals surface area (Å²) in [5, 5.41) is 0.764. The van der Waals surface area contributed by atoms with Gasteiger partial charge in [-0.2, -0.15) is 0 Å². The molecule has 0 amide bonds. The molecule has 4 rings (SSSR count). The molecule has 0 bridgehead atoms. The first-order valence-corrected chi connectivity index (χ1v) is 12.7. The van der Waals surface area contributed by atoms with Crippen LogP contribution in [0.2, 0.25) is 5.02 Å². The van der Waals surface area contributed by atoms with Crippen LogP contribution >= 0.6 is 11.6 Å². The van der Waals surface area contributed by atoms with Crippen LogP contribution < -0.4 is 4.90 Å². The molecule has 0 atom stereocenters. The second-order valence-corrected chi connectivity index (χ2v) is 11.0. The van der Waals surface area contributed by atoms with Crippen LogP contribution in [0.4, 0.5) is 5.69 Å². The first kappa shape index (κ1) is 23.0. The Morgan fingerprint density at radius 2 is 1.78 bits per heavy atom. The largest absolute Gasteiger partial charge is 0.369 e. The van der Waals surface area contributed by atoms with Crippen molar-refractivity contribution in [2.75, 3.05) is 45.2 Å². The molecule has 0 unspecified atom stereocenters. The third kappa shape index (κ3) is 4.37. The van der Waals surface area contributed by atoms with Crippen molar-refractivity contribution in [3.05, 3.63) is 52.8 Å². The molecule has 9 heteroatoms. The lowest BCUT2D eigenvalue weighted by molar-refractivity contribution is 0.241. The van der Waals surface area contributed by atoms with E-state index in [0.29, 0.717) is 0 Å². The van der Waals surface area contributed by atoms with E-state index in [1.54, 1.807) is 26.2 Å². The van der Waals surface area contributed by atoms with E-state index in [1.807, 2.05) is 18.2 Å². The highest BCUT2D eigenvalue weighted by Crippen LogP contribution is 2.26. The van der Waals surface area contributed by atoms with Crippen molar-refractivity contribution in [1.29, 1.82) is 0 Å². The Morgan fingerprint density at radius 1 is 1.06 bits per heavy atom. The highest BCUT2D eigenvalue weighted by atomic mass is 35.5. The summed E-state index contributed by atoms with van der Waals surface area (Å²) in [6.07, 6.45) is 0. The number of aryl methyl sites for hydroxylation is 2. The van der Waals surface area contributed by atoms with E-state index in [1.165, 1.54) is 15.6 Å². The van der Waals surface area contributed by atoms with Crippen molar-refractivity contribution in [2.24, 2.45) is 0 Å². The molecule has 2 aromatic carbocycles. The standard InChI is InChI=1S/C23H30ClN5O2S/c1-5-29-21-9-8-19(32(30,31)26(3)4)15-20(21)25-23(29)16-27-10-12-28(13-11-27)22-14-18(24)7-6-17(22)2/h6-9,14-15H,5,10-13,16H2,1-4H3. The molecule has 172 valence electrons. The van der Waals surface area contributed by atoms with Gasteiger partial charge < -0.3 is 9.47 Å². The number of imidazole rings is 1. The van der Waals surface area contributed by atoms with E-state index in [2.05, 4.69) is 34.3 Å². The van der Waals surface area contributed by atoms with Gasteiger partial charge in [0.25, 0.3) is 0 Å². The van der Waals surface area contributed by atoms with Crippen LogP contribution in [0.1, 0.15) is 18.3 Å². The molecule has 32 heavy (non-hydrogen) atoms. The van der Waals surface area contributed by atoms with Crippen molar-refractivity contribution < 1.29 is 8.42 Å². The maximum atomic E-state index is 12.5. The first-order valence-electron chi connectivity index (χ1n) is 10.9. The fourth-order valence-corrected chi connectivity index (χ4v) is 5.36. The molecule has 1 saturated heterocycles. The SMILES string of the molecule is CCn1c(CN2CCN(c3cc(Cl)ccc3C)CC2)nc2cc(S(=O)(=O)N(C)C)ccc21. The number of sulfonamides is 1. The highest BCUT2D eigenvalue weighted by Gasteiger charge is 2.22. The lowest BCUT2D eigenvalue weighted by atomic mass is 10.1. The van der Waals surface area contributed by atoms with Gasteiger partial charge in [0.2, 0.25) is 10.0 Å². The van der Waals surface area contributed by atoms with Crippen molar-refractivity contribution in [2.45, 2.75) is 31.8 Å². The average Bonchev–Trinajstić information content (AvgIpc) is 3.12. The second-order valence-electron chi connectivity index (χ2n) is 8.40. The molecule has 0 radical (unpaired) electrons. The monoisotopic (exact) mass is 475 g/mol. The van der Waals surface area contributed by atoms with Crippen LogP contribution in [-0.4, -0.2) is 67.4 Å². The molecule has 1 aliphatic rings. The van der Waals surface area contributed by atoms with Crippen molar-refractivity contribution in [3.63, 3.8) is 0 Å². The molecule has 0 N–H and O–H groups in total. The Kier molecular flexibility index (Phi) is 6.49. The molecular formula is C23H30ClN5O2S. The topological polar surface area (TPSA) is 61.7 Å². The van der Waals surface area contributed by atoms with Crippen LogP contribution in [0.5, 0.6) is 0 Å². The number of benzene rings is 2. The van der Waals surface area contributed by atoms with Gasteiger partial charge in [-0.05, 0) is 49.7 Å². The number of rotatable bonds is 6. The van der Waals surface area contributed by atoms with Crippen LogP contribution in [0.15, 0.2) is 41.3 Å². The van der Waals surface area contributed by atoms with Crippen LogP contribution in [-0.2, 0) is 23.1 Å². The van der Waals surface area contributed by atoms with E-state index in [4.69, 9.17) is 16.6 Å². The summed E-state index contributed by atoms with van der Waals surface area (Å²) in [7, 11) is -0.403. The van der Waals surface area contributed by atoms with Gasteiger partial charge in [0.15, 0.2) is 0 Å². The van der Waals surface area contributed by atoms with Gasteiger partial charge in [0.1, 0.15) is 5.82 Å². The number of fused-ring (bicyclic) bond motifs is 1. The number of halogens is 1. The summed E-state index contributed by atoms with van der Waals surface area (Å²) >= 11 is 6.21. The Hall–Kier alpha value is -2.13. The number of aromatic nitrogens is 2. The molecule has 1 aromatic heterocycles. The summed E-state index contributed by atoms with van der Waals surface area (Å²) in [5.74, 6) is 0.967. The normalized spacial score (nSPS) is 15.8. The summed E-state index contributed by atoms with van der Waals surface area (Å²) in [5.41, 5.74) is 4.12. The van der Waals surface area contributed by atoms with Gasteiger partial charge in [-0.15, -0.1) is 0 Å². The zero-order chi connectivity index (χ0) is 23.0. The maximum Gasteiger partial charge on any atom is 0.242 e. The van der Waals surface area contributed by atoms with E-state index in [0.717, 1.165) is 61.1 Å². The third-order valence-corrected chi connectivity index (χ3v) is 8.19. The number of hydrogen-bond donors (Lipinski definition) is 0. The zero-order valence-corrected chi connectivity index (χ0v) is 20.6. The van der Waals surface area contributed by atoms with Gasteiger partial charge in [-0.25, -0.2) is 17.7 Å². The minimum Gasteiger partial charge on any atom is -0.369 e. The maximum absolute atomic E-state index is 12.5. The smallest absolute Gasteiger partial charge is 0.242 e. The van der Waals surface area contributed by atoms with Gasteiger partial charge in [0.05, 0.1) is 22.5 Å². The molecule has 3 aromatic rings. The van der Waals surface area contributed by atoms with Gasteiger partial charge in [0, 0.05) is 57.5 Å². The fraction of sp³-hybridized carbons (Fsp3) is 0.435. The Labute approximate surface area is 195 Å². The number of piperazine rings is 1. The van der Waals surface area contributed by atoms with Crippen molar-refractivity contribution in [3.8, 4) is 0 Å². The van der Waals surface area contributed by atoms with Crippen molar-refractivity contribution >= 4 is 38.3 Å². The first-order chi connectivity index (χ1) is 15.2. The molecular weight excluding hydrogens is 446 g/mol. The quantitative estimate of drug-likeness (QED) is 0.545. The predicted octanol–water partition coefficient (Wildman–Crippen LogP) is 3.59. The zero-order valence-electron chi connectivity index (χ0n) is 19.0. The summed E-state index contributed by atoms with van der Waals surface area (Å²) in [4.78, 5) is 9.88. The summed E-state index contributed by atoms with van der Waals surface area (Å²) in [6, 6.07) is 11.3. The van der Waals surface area contributed by atoms with E-state index in [9.17, 15) is 8.42 Å².